The van der Waals surface area contributed by atoms with Crippen LogP contribution in [0.2, 0.25) is 0 Å². The second kappa shape index (κ2) is 43.0. The van der Waals surface area contributed by atoms with Gasteiger partial charge in [0.1, 0.15) is 0 Å². The summed E-state index contributed by atoms with van der Waals surface area (Å²) in [7, 11) is 0. The molecule has 56 heavy (non-hydrogen) atoms. The van der Waals surface area contributed by atoms with E-state index in [1.165, 1.54) is 244 Å². The number of aliphatic imine (C=N–C) groups is 1. The van der Waals surface area contributed by atoms with Gasteiger partial charge in [0.2, 0.25) is 0 Å². The second-order valence-corrected chi connectivity index (χ2v) is 17.6. The zero-order chi connectivity index (χ0) is 40.3. The van der Waals surface area contributed by atoms with Crippen LogP contribution in [0.3, 0.4) is 0 Å². The number of carbonyl (C=O) groups is 2. The molecule has 0 aromatic carbocycles. The van der Waals surface area contributed by atoms with Gasteiger partial charge in [-0.2, -0.15) is 0 Å². The maximum Gasteiger partial charge on any atom is 0.305 e. The molecule has 1 heterocycles. The molecule has 0 aromatic rings. The summed E-state index contributed by atoms with van der Waals surface area (Å²) in [6.45, 7) is 6.28. The van der Waals surface area contributed by atoms with Crippen LogP contribution in [0.25, 0.3) is 0 Å². The number of rotatable bonds is 46. The molecule has 0 aliphatic carbocycles. The first-order valence-corrected chi connectivity index (χ1v) is 25.3. The average molecular weight is 789 g/mol. The average Bonchev–Trinajstić information content (AvgIpc) is 3.64. The van der Waals surface area contributed by atoms with Crippen LogP contribution in [-0.4, -0.2) is 54.0 Å². The first kappa shape index (κ1) is 52.4. The number of carbonyl (C=O) groups excluding carboxylic acids is 1. The molecule has 0 unspecified atom stereocenters. The Morgan fingerprint density at radius 1 is 0.482 bits per heavy atom. The Morgan fingerprint density at radius 2 is 0.839 bits per heavy atom. The Morgan fingerprint density at radius 3 is 1.27 bits per heavy atom. The van der Waals surface area contributed by atoms with Crippen LogP contribution in [0.15, 0.2) is 4.99 Å². The zero-order valence-electron chi connectivity index (χ0n) is 37.6. The van der Waals surface area contributed by atoms with E-state index in [4.69, 9.17) is 14.8 Å². The molecule has 0 saturated heterocycles. The van der Waals surface area contributed by atoms with Gasteiger partial charge in [-0.1, -0.05) is 225 Å². The monoisotopic (exact) mass is 789 g/mol. The Kier molecular flexibility index (Phi) is 40.3. The Bertz CT molecular complexity index is 877. The number of ether oxygens (including phenoxy) is 1. The summed E-state index contributed by atoms with van der Waals surface area (Å²) in [5, 5.41) is 8.69. The van der Waals surface area contributed by atoms with Crippen LogP contribution < -0.4 is 0 Å². The maximum absolute atomic E-state index is 12.0. The van der Waals surface area contributed by atoms with E-state index in [1.807, 2.05) is 0 Å². The molecule has 0 fully saturated rings. The van der Waals surface area contributed by atoms with E-state index in [0.29, 0.717) is 19.4 Å². The molecule has 0 aromatic heterocycles. The van der Waals surface area contributed by atoms with E-state index in [1.54, 1.807) is 0 Å². The van der Waals surface area contributed by atoms with E-state index >= 15 is 0 Å². The molecule has 0 amide bonds. The highest BCUT2D eigenvalue weighted by Gasteiger charge is 2.15. The number of nitrogens with zero attached hydrogens (tertiary/aromatic N) is 2. The van der Waals surface area contributed by atoms with Crippen molar-refractivity contribution in [3.05, 3.63) is 0 Å². The summed E-state index contributed by atoms with van der Waals surface area (Å²) in [6.07, 6.45) is 53.4. The van der Waals surface area contributed by atoms with E-state index < -0.39 is 5.97 Å². The van der Waals surface area contributed by atoms with Crippen molar-refractivity contribution < 1.29 is 19.4 Å². The smallest absolute Gasteiger partial charge is 0.305 e. The Labute approximate surface area is 349 Å². The molecule has 0 bridgehead atoms. The van der Waals surface area contributed by atoms with Crippen LogP contribution in [0.5, 0.6) is 0 Å². The van der Waals surface area contributed by atoms with E-state index in [9.17, 15) is 9.59 Å². The van der Waals surface area contributed by atoms with Crippen molar-refractivity contribution in [2.75, 3.05) is 26.2 Å². The Balaban J connectivity index is 1.75. The molecule has 330 valence electrons. The predicted octanol–water partition coefficient (Wildman–Crippen LogP) is 15.7. The van der Waals surface area contributed by atoms with Gasteiger partial charge in [-0.05, 0) is 32.1 Å². The molecule has 1 aliphatic heterocycles. The lowest BCUT2D eigenvalue weighted by Crippen LogP contribution is -2.28. The minimum atomic E-state index is -0.656. The van der Waals surface area contributed by atoms with E-state index in [2.05, 4.69) is 11.8 Å². The highest BCUT2D eigenvalue weighted by atomic mass is 16.5. The number of unbranched alkanes of at least 4 members (excludes halogenated alkanes) is 36. The van der Waals surface area contributed by atoms with Gasteiger partial charge in [-0.15, -0.1) is 0 Å². The number of aliphatic carboxylic acids is 1. The van der Waals surface area contributed by atoms with Crippen molar-refractivity contribution in [2.45, 2.75) is 277 Å². The summed E-state index contributed by atoms with van der Waals surface area (Å²) in [6, 6.07) is 0. The standard InChI is InChI=1S/C50H96N2O4/c1-2-3-4-5-6-7-25-30-35-40-47-56-50(55)43-38-33-28-23-19-15-9-8-12-16-20-24-29-34-39-45-52-46-44-51-48(52)41-36-31-26-21-17-13-10-11-14-18-22-27-32-37-42-49(53)54/h2-47H2,1H3,(H,53,54). The predicted molar refractivity (Wildman–Crippen MR) is 242 cm³/mol. The Hall–Kier alpha value is -1.59. The number of carboxylic acid groups (broad SMARTS) is 1. The van der Waals surface area contributed by atoms with Crippen LogP contribution in [-0.2, 0) is 14.3 Å². The molecule has 0 radical (unpaired) electrons. The van der Waals surface area contributed by atoms with Gasteiger partial charge >= 0.3 is 11.9 Å². The van der Waals surface area contributed by atoms with Crippen molar-refractivity contribution in [3.8, 4) is 0 Å². The highest BCUT2D eigenvalue weighted by Crippen LogP contribution is 2.18. The quantitative estimate of drug-likeness (QED) is 0.0491. The molecular formula is C50H96N2O4. The zero-order valence-corrected chi connectivity index (χ0v) is 37.6. The summed E-state index contributed by atoms with van der Waals surface area (Å²) in [5.41, 5.74) is 0. The molecule has 0 spiro atoms. The van der Waals surface area contributed by atoms with Crippen molar-refractivity contribution in [1.82, 2.24) is 4.90 Å². The molecular weight excluding hydrogens is 693 g/mol. The summed E-state index contributed by atoms with van der Waals surface area (Å²) in [4.78, 5) is 30.0. The van der Waals surface area contributed by atoms with Gasteiger partial charge in [-0.25, -0.2) is 0 Å². The first-order chi connectivity index (χ1) is 27.6. The summed E-state index contributed by atoms with van der Waals surface area (Å²) < 4.78 is 5.45. The normalized spacial score (nSPS) is 12.8. The van der Waals surface area contributed by atoms with Gasteiger partial charge in [0, 0.05) is 32.4 Å². The van der Waals surface area contributed by atoms with Gasteiger partial charge in [0.25, 0.3) is 0 Å². The van der Waals surface area contributed by atoms with E-state index in [0.717, 1.165) is 38.8 Å². The third kappa shape index (κ3) is 38.0. The number of hydrogen-bond donors (Lipinski definition) is 1. The fourth-order valence-electron chi connectivity index (χ4n) is 8.41. The molecule has 0 saturated carbocycles. The van der Waals surface area contributed by atoms with Crippen molar-refractivity contribution in [2.24, 2.45) is 4.99 Å². The number of carboxylic acids is 1. The summed E-state index contributed by atoms with van der Waals surface area (Å²) in [5.74, 6) is 0.765. The van der Waals surface area contributed by atoms with E-state index in [-0.39, 0.29) is 5.97 Å². The first-order valence-electron chi connectivity index (χ1n) is 25.3. The second-order valence-electron chi connectivity index (χ2n) is 17.6. The van der Waals surface area contributed by atoms with Gasteiger partial charge < -0.3 is 14.7 Å². The lowest BCUT2D eigenvalue weighted by atomic mass is 10.0. The topological polar surface area (TPSA) is 79.2 Å². The molecule has 1 aliphatic rings. The van der Waals surface area contributed by atoms with Crippen molar-refractivity contribution in [1.29, 1.82) is 0 Å². The van der Waals surface area contributed by atoms with Crippen molar-refractivity contribution in [3.63, 3.8) is 0 Å². The number of amidine groups is 1. The molecule has 6 nitrogen and oxygen atoms in total. The van der Waals surface area contributed by atoms with Crippen LogP contribution in [0.4, 0.5) is 0 Å². The maximum atomic E-state index is 12.0. The lowest BCUT2D eigenvalue weighted by molar-refractivity contribution is -0.144. The minimum Gasteiger partial charge on any atom is -0.481 e. The highest BCUT2D eigenvalue weighted by molar-refractivity contribution is 5.83. The van der Waals surface area contributed by atoms with Gasteiger partial charge in [-0.3, -0.25) is 14.6 Å². The third-order valence-corrected chi connectivity index (χ3v) is 12.1. The molecule has 1 N–H and O–H groups in total. The number of esters is 1. The molecule has 0 atom stereocenters. The van der Waals surface area contributed by atoms with Gasteiger partial charge in [0.05, 0.1) is 19.0 Å². The molecule has 6 heteroatoms. The fraction of sp³-hybridized carbons (Fsp3) is 0.940. The SMILES string of the molecule is CCCCCCCCCCCCOC(=O)CCCCCCCCCCCCCCCCCN1CCN=C1CCCCCCCCCCCCCCCCC(=O)O. The number of hydrogen-bond acceptors (Lipinski definition) is 5. The fourth-order valence-corrected chi connectivity index (χ4v) is 8.41. The van der Waals surface area contributed by atoms with Crippen LogP contribution in [0.1, 0.15) is 277 Å². The summed E-state index contributed by atoms with van der Waals surface area (Å²) >= 11 is 0. The lowest BCUT2D eigenvalue weighted by Gasteiger charge is -2.20. The largest absolute Gasteiger partial charge is 0.481 e. The van der Waals surface area contributed by atoms with Gasteiger partial charge in [0.15, 0.2) is 0 Å². The van der Waals surface area contributed by atoms with Crippen LogP contribution >= 0.6 is 0 Å². The third-order valence-electron chi connectivity index (χ3n) is 12.1. The minimum absolute atomic E-state index is 0.0190. The van der Waals surface area contributed by atoms with Crippen molar-refractivity contribution >= 4 is 17.8 Å². The van der Waals surface area contributed by atoms with Crippen LogP contribution in [0, 0.1) is 0 Å². The molecule has 1 rings (SSSR count).